The van der Waals surface area contributed by atoms with Gasteiger partial charge in [0.2, 0.25) is 0 Å². The van der Waals surface area contributed by atoms with Gasteiger partial charge in [0.15, 0.2) is 11.6 Å². The van der Waals surface area contributed by atoms with Crippen LogP contribution in [0.1, 0.15) is 50.1 Å². The van der Waals surface area contributed by atoms with Gasteiger partial charge in [-0.05, 0) is 49.2 Å². The van der Waals surface area contributed by atoms with Gasteiger partial charge in [0.05, 0.1) is 7.11 Å². The molecule has 0 radical (unpaired) electrons. The van der Waals surface area contributed by atoms with Crippen LogP contribution in [-0.2, 0) is 11.2 Å². The van der Waals surface area contributed by atoms with E-state index in [0.29, 0.717) is 42.3 Å². The molecule has 5 rings (SSSR count). The van der Waals surface area contributed by atoms with E-state index in [9.17, 15) is 19.1 Å². The molecule has 36 heavy (non-hydrogen) atoms. The van der Waals surface area contributed by atoms with Gasteiger partial charge in [0.1, 0.15) is 17.3 Å². The molecular formula is C27H31FN4O4. The standard InChI is InChI=1S/C27H31FN4O4/c1-15(2)29-9-6-10-31-25(34)27(3)14-19-18-12-22(36-4)20(28)13-21(18)30-23(19)24(32(27)26(31)35)16-7-5-8-17(33)11-16/h5,7-8,11-13,15,24,29-30,33H,6,9-10,14H2,1-4H3/t24-,27+/m1/s1. The molecule has 3 N–H and O–H groups in total. The average Bonchev–Trinajstić information content (AvgIpc) is 3.26. The van der Waals surface area contributed by atoms with Gasteiger partial charge in [0.25, 0.3) is 5.91 Å². The maximum Gasteiger partial charge on any atom is 0.328 e. The minimum atomic E-state index is -1.14. The summed E-state index contributed by atoms with van der Waals surface area (Å²) in [6, 6.07) is 8.97. The summed E-state index contributed by atoms with van der Waals surface area (Å²) in [5.74, 6) is -0.590. The number of aromatic amines is 1. The minimum Gasteiger partial charge on any atom is -0.508 e. The van der Waals surface area contributed by atoms with Crippen LogP contribution in [0.3, 0.4) is 0 Å². The molecule has 3 amide bonds. The molecule has 0 saturated carbocycles. The van der Waals surface area contributed by atoms with Gasteiger partial charge in [-0.3, -0.25) is 14.6 Å². The topological polar surface area (TPSA) is 97.9 Å². The first-order valence-electron chi connectivity index (χ1n) is 12.2. The predicted octanol–water partition coefficient (Wildman–Crippen LogP) is 4.08. The number of H-pyrrole nitrogens is 1. The molecule has 8 nitrogen and oxygen atoms in total. The van der Waals surface area contributed by atoms with Gasteiger partial charge < -0.3 is 20.1 Å². The number of phenols is 1. The van der Waals surface area contributed by atoms with Crippen LogP contribution in [0.25, 0.3) is 10.9 Å². The number of urea groups is 1. The van der Waals surface area contributed by atoms with Gasteiger partial charge in [-0.15, -0.1) is 0 Å². The average molecular weight is 495 g/mol. The Morgan fingerprint density at radius 1 is 1.28 bits per heavy atom. The molecule has 1 fully saturated rings. The molecule has 190 valence electrons. The zero-order valence-corrected chi connectivity index (χ0v) is 20.9. The van der Waals surface area contributed by atoms with Crippen molar-refractivity contribution in [1.82, 2.24) is 20.1 Å². The van der Waals surface area contributed by atoms with E-state index in [0.717, 1.165) is 10.9 Å². The van der Waals surface area contributed by atoms with Crippen LogP contribution in [0.4, 0.5) is 9.18 Å². The number of amides is 3. The van der Waals surface area contributed by atoms with Gasteiger partial charge in [0, 0.05) is 41.7 Å². The Morgan fingerprint density at radius 3 is 2.75 bits per heavy atom. The van der Waals surface area contributed by atoms with Gasteiger partial charge in [-0.2, -0.15) is 0 Å². The number of aromatic hydroxyl groups is 1. The maximum atomic E-state index is 14.5. The predicted molar refractivity (Wildman–Crippen MR) is 134 cm³/mol. The number of benzene rings is 2. The molecule has 0 bridgehead atoms. The Morgan fingerprint density at radius 2 is 2.06 bits per heavy atom. The van der Waals surface area contributed by atoms with Crippen molar-refractivity contribution in [2.75, 3.05) is 20.2 Å². The van der Waals surface area contributed by atoms with Crippen LogP contribution in [0, 0.1) is 5.82 Å². The fraction of sp³-hybridized carbons (Fsp3) is 0.407. The summed E-state index contributed by atoms with van der Waals surface area (Å²) in [6.45, 7) is 6.89. The minimum absolute atomic E-state index is 0.0553. The van der Waals surface area contributed by atoms with Crippen LogP contribution in [0.15, 0.2) is 36.4 Å². The number of aromatic nitrogens is 1. The molecule has 9 heteroatoms. The van der Waals surface area contributed by atoms with E-state index in [1.165, 1.54) is 18.1 Å². The third-order valence-electron chi connectivity index (χ3n) is 7.24. The Kier molecular flexibility index (Phi) is 5.90. The first-order valence-corrected chi connectivity index (χ1v) is 12.2. The number of nitrogens with one attached hydrogen (secondary N) is 2. The number of hydrogen-bond donors (Lipinski definition) is 3. The van der Waals surface area contributed by atoms with Crippen molar-refractivity contribution in [3.63, 3.8) is 0 Å². The zero-order chi connectivity index (χ0) is 25.8. The molecule has 2 atom stereocenters. The number of nitrogens with zero attached hydrogens (tertiary/aromatic N) is 2. The molecule has 2 aliphatic heterocycles. The van der Waals surface area contributed by atoms with Crippen LogP contribution < -0.4 is 10.1 Å². The van der Waals surface area contributed by atoms with E-state index < -0.39 is 17.4 Å². The Hall–Kier alpha value is -3.59. The number of fused-ring (bicyclic) bond motifs is 4. The molecule has 0 aliphatic carbocycles. The zero-order valence-electron chi connectivity index (χ0n) is 20.9. The number of ether oxygens (including phenoxy) is 1. The highest BCUT2D eigenvalue weighted by Gasteiger charge is 2.60. The van der Waals surface area contributed by atoms with Crippen molar-refractivity contribution >= 4 is 22.8 Å². The van der Waals surface area contributed by atoms with Crippen LogP contribution in [0.5, 0.6) is 11.5 Å². The van der Waals surface area contributed by atoms with E-state index in [4.69, 9.17) is 4.74 Å². The Balaban J connectivity index is 1.63. The lowest BCUT2D eigenvalue weighted by atomic mass is 9.81. The quantitative estimate of drug-likeness (QED) is 0.340. The number of methoxy groups -OCH3 is 1. The smallest absolute Gasteiger partial charge is 0.328 e. The molecular weight excluding hydrogens is 463 g/mol. The van der Waals surface area contributed by atoms with Crippen molar-refractivity contribution in [2.45, 2.75) is 51.2 Å². The summed E-state index contributed by atoms with van der Waals surface area (Å²) >= 11 is 0. The van der Waals surface area contributed by atoms with Crippen molar-refractivity contribution in [3.8, 4) is 11.5 Å². The molecule has 3 heterocycles. The lowest BCUT2D eigenvalue weighted by molar-refractivity contribution is -0.133. The molecule has 1 saturated heterocycles. The van der Waals surface area contributed by atoms with Crippen LogP contribution >= 0.6 is 0 Å². The second-order valence-electron chi connectivity index (χ2n) is 10.1. The molecule has 1 aromatic heterocycles. The number of phenolic OH excluding ortho intramolecular Hbond substituents is 1. The summed E-state index contributed by atoms with van der Waals surface area (Å²) in [6.07, 6.45) is 0.916. The van der Waals surface area contributed by atoms with E-state index in [1.54, 1.807) is 36.1 Å². The highest BCUT2D eigenvalue weighted by Crippen LogP contribution is 2.49. The molecule has 0 spiro atoms. The summed E-state index contributed by atoms with van der Waals surface area (Å²) < 4.78 is 19.7. The van der Waals surface area contributed by atoms with Crippen LogP contribution in [0.2, 0.25) is 0 Å². The molecule has 2 aliphatic rings. The lowest BCUT2D eigenvalue weighted by Crippen LogP contribution is -2.53. The lowest BCUT2D eigenvalue weighted by Gasteiger charge is -2.42. The largest absolute Gasteiger partial charge is 0.508 e. The van der Waals surface area contributed by atoms with Gasteiger partial charge in [-0.25, -0.2) is 9.18 Å². The number of rotatable bonds is 7. The van der Waals surface area contributed by atoms with Gasteiger partial charge in [-0.1, -0.05) is 26.0 Å². The van der Waals surface area contributed by atoms with Crippen LogP contribution in [-0.4, -0.2) is 63.6 Å². The van der Waals surface area contributed by atoms with E-state index in [1.807, 2.05) is 19.9 Å². The third kappa shape index (κ3) is 3.69. The summed E-state index contributed by atoms with van der Waals surface area (Å²) in [7, 11) is 1.41. The number of halogens is 1. The highest BCUT2D eigenvalue weighted by molar-refractivity contribution is 6.08. The van der Waals surface area contributed by atoms with E-state index in [-0.39, 0.29) is 29.9 Å². The Labute approximate surface area is 209 Å². The highest BCUT2D eigenvalue weighted by atomic mass is 19.1. The first kappa shape index (κ1) is 24.1. The molecule has 2 aromatic carbocycles. The second-order valence-corrected chi connectivity index (χ2v) is 10.1. The fourth-order valence-electron chi connectivity index (χ4n) is 5.54. The van der Waals surface area contributed by atoms with Crippen molar-refractivity contribution < 1.29 is 23.8 Å². The van der Waals surface area contributed by atoms with E-state index >= 15 is 0 Å². The monoisotopic (exact) mass is 494 g/mol. The normalized spacial score (nSPS) is 21.4. The van der Waals surface area contributed by atoms with Crippen molar-refractivity contribution in [3.05, 3.63) is 59.0 Å². The summed E-state index contributed by atoms with van der Waals surface area (Å²) in [4.78, 5) is 33.8. The summed E-state index contributed by atoms with van der Waals surface area (Å²) in [5, 5.41) is 14.3. The fourth-order valence-corrected chi connectivity index (χ4v) is 5.54. The molecule has 0 unspecified atom stereocenters. The first-order chi connectivity index (χ1) is 17.2. The SMILES string of the molecule is COc1cc2c3c([nH]c2cc1F)[C@@H](c1cccc(O)c1)N1C(=O)N(CCCNC(C)C)C(=O)[C@]1(C)C3. The van der Waals surface area contributed by atoms with Crippen molar-refractivity contribution in [1.29, 1.82) is 0 Å². The van der Waals surface area contributed by atoms with Gasteiger partial charge >= 0.3 is 6.03 Å². The number of carbonyl (C=O) groups excluding carboxylic acids is 2. The molecule has 3 aromatic rings. The Bertz CT molecular complexity index is 1350. The third-order valence-corrected chi connectivity index (χ3v) is 7.24. The maximum absolute atomic E-state index is 14.5. The second kappa shape index (κ2) is 8.81. The number of hydrogen-bond acceptors (Lipinski definition) is 5. The van der Waals surface area contributed by atoms with Crippen molar-refractivity contribution in [2.24, 2.45) is 0 Å². The van der Waals surface area contributed by atoms with E-state index in [2.05, 4.69) is 10.3 Å². The number of imide groups is 1. The number of carbonyl (C=O) groups is 2. The summed E-state index contributed by atoms with van der Waals surface area (Å²) in [5.41, 5.74) is 1.61.